The Balaban J connectivity index is 1.33. The summed E-state index contributed by atoms with van der Waals surface area (Å²) in [5, 5.41) is 24.1. The van der Waals surface area contributed by atoms with Crippen molar-refractivity contribution in [2.45, 2.75) is 10.5 Å². The van der Waals surface area contributed by atoms with E-state index in [1.807, 2.05) is 0 Å². The Hall–Kier alpha value is -4.93. The van der Waals surface area contributed by atoms with Gasteiger partial charge in [0.1, 0.15) is 22.8 Å². The summed E-state index contributed by atoms with van der Waals surface area (Å²) >= 11 is 0. The number of anilines is 1. The molecule has 3 heterocycles. The molecule has 2 aromatic heterocycles. The van der Waals surface area contributed by atoms with Crippen molar-refractivity contribution in [3.8, 4) is 17.2 Å². The van der Waals surface area contributed by atoms with Crippen LogP contribution in [-0.4, -0.2) is 41.8 Å². The molecule has 0 spiro atoms. The van der Waals surface area contributed by atoms with Crippen LogP contribution in [0.1, 0.15) is 5.56 Å². The predicted octanol–water partition coefficient (Wildman–Crippen LogP) is 3.87. The number of fused-ring (bicyclic) bond motifs is 1. The Morgan fingerprint density at radius 1 is 1.07 bits per heavy atom. The molecular weight excluding hydrogens is 602 g/mol. The highest BCUT2D eigenvalue weighted by Crippen LogP contribution is 2.42. The molecule has 1 amide bonds. The average Bonchev–Trinajstić information content (AvgIpc) is 3.40. The fraction of sp³-hybridized carbons (Fsp3) is 0.103. The lowest BCUT2D eigenvalue weighted by molar-refractivity contribution is -0.497. The lowest BCUT2D eigenvalue weighted by Gasteiger charge is -2.36. The number of ether oxygens (including phenoxy) is 3. The number of nitrogens with one attached hydrogen (secondary N) is 1. The van der Waals surface area contributed by atoms with E-state index in [2.05, 4.69) is 10.3 Å². The first kappa shape index (κ1) is 29.2. The molecule has 0 atom stereocenters. The van der Waals surface area contributed by atoms with Gasteiger partial charge in [-0.2, -0.15) is 0 Å². The van der Waals surface area contributed by atoms with Gasteiger partial charge in [0.25, 0.3) is 10.0 Å². The van der Waals surface area contributed by atoms with E-state index in [0.717, 1.165) is 16.1 Å². The molecule has 1 saturated heterocycles. The molecule has 44 heavy (non-hydrogen) atoms. The van der Waals surface area contributed by atoms with Gasteiger partial charge in [0.05, 0.1) is 29.2 Å². The van der Waals surface area contributed by atoms with Crippen molar-refractivity contribution in [1.29, 1.82) is 0 Å². The van der Waals surface area contributed by atoms with Gasteiger partial charge >= 0.3 is 6.09 Å². The third-order valence-electron chi connectivity index (χ3n) is 6.78. The first-order valence-corrected chi connectivity index (χ1v) is 14.4. The summed E-state index contributed by atoms with van der Waals surface area (Å²) in [6.07, 6.45) is 1.34. The molecule has 4 N–H and O–H groups in total. The number of halogens is 2. The van der Waals surface area contributed by atoms with Crippen LogP contribution in [0, 0.1) is 16.8 Å². The molecule has 3 aromatic carbocycles. The summed E-state index contributed by atoms with van der Waals surface area (Å²) in [5.41, 5.74) is -1.00. The minimum atomic E-state index is -4.21. The zero-order chi connectivity index (χ0) is 31.1. The molecule has 0 bridgehead atoms. The maximum atomic E-state index is 15.2. The van der Waals surface area contributed by atoms with Crippen LogP contribution < -0.4 is 20.3 Å². The van der Waals surface area contributed by atoms with E-state index < -0.39 is 39.1 Å². The number of aliphatic hydroxyl groups is 1. The van der Waals surface area contributed by atoms with Crippen LogP contribution in [0.4, 0.5) is 25.0 Å². The molecule has 1 aliphatic heterocycles. The first-order valence-electron chi connectivity index (χ1n) is 12.9. The van der Waals surface area contributed by atoms with Gasteiger partial charge in [-0.05, 0) is 30.3 Å². The van der Waals surface area contributed by atoms with Crippen LogP contribution in [0.15, 0.2) is 90.1 Å². The Bertz CT molecular complexity index is 1960. The van der Waals surface area contributed by atoms with Gasteiger partial charge < -0.3 is 30.0 Å². The van der Waals surface area contributed by atoms with Crippen LogP contribution in [0.3, 0.4) is 0 Å². The fourth-order valence-corrected chi connectivity index (χ4v) is 5.92. The average molecular weight is 625 g/mol. The Labute approximate surface area is 248 Å². The van der Waals surface area contributed by atoms with Crippen molar-refractivity contribution >= 4 is 38.5 Å². The zero-order valence-corrected chi connectivity index (χ0v) is 23.3. The van der Waals surface area contributed by atoms with E-state index in [1.165, 1.54) is 54.9 Å². The Kier molecular flexibility index (Phi) is 7.48. The number of rotatable bonds is 8. The van der Waals surface area contributed by atoms with Gasteiger partial charge in [-0.25, -0.2) is 30.9 Å². The number of aromatic nitrogens is 2. The SMILES string of the molecule is O=C(Nc1cc(F)c(Oc2ccnc3c2c(C2(O)COC2)cn3S(=O)(=O)c2ccccc2)c(F)c1)Oc1ccc([NH2+][O-])cc1. The lowest BCUT2D eigenvalue weighted by Crippen LogP contribution is -2.70. The predicted molar refractivity (Wildman–Crippen MR) is 151 cm³/mol. The summed E-state index contributed by atoms with van der Waals surface area (Å²) in [7, 11) is -4.21. The van der Waals surface area contributed by atoms with Crippen LogP contribution in [-0.2, 0) is 20.4 Å². The second kappa shape index (κ2) is 11.3. The Morgan fingerprint density at radius 2 is 1.75 bits per heavy atom. The normalized spacial score (nSPS) is 14.2. The highest BCUT2D eigenvalue weighted by Gasteiger charge is 2.42. The van der Waals surface area contributed by atoms with Crippen LogP contribution in [0.5, 0.6) is 17.2 Å². The van der Waals surface area contributed by atoms with E-state index in [1.54, 1.807) is 18.2 Å². The molecule has 0 radical (unpaired) electrons. The van der Waals surface area contributed by atoms with Crippen molar-refractivity contribution < 1.29 is 46.8 Å². The van der Waals surface area contributed by atoms with Crippen LogP contribution in [0.25, 0.3) is 11.0 Å². The number of nitrogens with zero attached hydrogens (tertiary/aromatic N) is 2. The number of hydrogen-bond donors (Lipinski definition) is 3. The van der Waals surface area contributed by atoms with Crippen molar-refractivity contribution in [3.63, 3.8) is 0 Å². The fourth-order valence-electron chi connectivity index (χ4n) is 4.58. The topological polar surface area (TPSA) is 169 Å². The molecule has 226 valence electrons. The second-order valence-corrected chi connectivity index (χ2v) is 11.6. The molecule has 0 unspecified atom stereocenters. The van der Waals surface area contributed by atoms with Gasteiger partial charge in [0.2, 0.25) is 0 Å². The van der Waals surface area contributed by atoms with Crippen LogP contribution in [0.2, 0.25) is 0 Å². The third kappa shape index (κ3) is 5.34. The smallest absolute Gasteiger partial charge is 0.417 e. The van der Waals surface area contributed by atoms with E-state index in [-0.39, 0.29) is 51.9 Å². The molecule has 15 heteroatoms. The summed E-state index contributed by atoms with van der Waals surface area (Å²) in [6, 6.07) is 16.0. The minimum Gasteiger partial charge on any atom is -0.630 e. The summed E-state index contributed by atoms with van der Waals surface area (Å²) < 4.78 is 74.2. The third-order valence-corrected chi connectivity index (χ3v) is 8.45. The van der Waals surface area contributed by atoms with Crippen molar-refractivity contribution in [2.24, 2.45) is 0 Å². The van der Waals surface area contributed by atoms with Crippen molar-refractivity contribution in [2.75, 3.05) is 18.5 Å². The first-order chi connectivity index (χ1) is 21.1. The second-order valence-electron chi connectivity index (χ2n) is 9.76. The van der Waals surface area contributed by atoms with Gasteiger partial charge in [-0.1, -0.05) is 18.2 Å². The largest absolute Gasteiger partial charge is 0.630 e. The molecule has 1 fully saturated rings. The van der Waals surface area contributed by atoms with E-state index in [4.69, 9.17) is 14.2 Å². The van der Waals surface area contributed by atoms with Gasteiger partial charge in [0.15, 0.2) is 23.0 Å². The standard InChI is InChI=1S/C29H22F2N4O8S/c30-22-12-18(33-28(36)42-19-8-6-17(34-38)7-9-19)13-23(31)26(22)43-24-10-11-32-27-25(24)21(29(37)15-41-16-29)14-35(27)44(39,40)20-4-2-1-3-5-20/h1-14,37H,15-16,34H2,(H,33,36). The molecule has 5 aromatic rings. The van der Waals surface area contributed by atoms with E-state index >= 15 is 8.78 Å². The van der Waals surface area contributed by atoms with E-state index in [9.17, 15) is 23.5 Å². The zero-order valence-electron chi connectivity index (χ0n) is 22.4. The van der Waals surface area contributed by atoms with E-state index in [0.29, 0.717) is 11.2 Å². The highest BCUT2D eigenvalue weighted by atomic mass is 32.2. The number of carbonyl (C=O) groups is 1. The quantitative estimate of drug-likeness (QED) is 0.171. The minimum absolute atomic E-state index is 0.00276. The summed E-state index contributed by atoms with van der Waals surface area (Å²) in [6.45, 7) is -0.321. The monoisotopic (exact) mass is 624 g/mol. The number of benzene rings is 3. The number of hydrogen-bond acceptors (Lipinski definition) is 9. The molecule has 1 aliphatic rings. The maximum absolute atomic E-state index is 15.2. The van der Waals surface area contributed by atoms with Gasteiger partial charge in [-0.15, -0.1) is 0 Å². The molecule has 0 saturated carbocycles. The Morgan fingerprint density at radius 3 is 2.36 bits per heavy atom. The van der Waals surface area contributed by atoms with Gasteiger partial charge in [-0.3, -0.25) is 5.32 Å². The highest BCUT2D eigenvalue weighted by molar-refractivity contribution is 7.90. The maximum Gasteiger partial charge on any atom is 0.417 e. The molecule has 12 nitrogen and oxygen atoms in total. The van der Waals surface area contributed by atoms with Gasteiger partial charge in [0, 0.05) is 42.2 Å². The summed E-state index contributed by atoms with van der Waals surface area (Å²) in [4.78, 5) is 16.4. The van der Waals surface area contributed by atoms with Crippen molar-refractivity contribution in [3.05, 3.63) is 108 Å². The lowest BCUT2D eigenvalue weighted by atomic mass is 9.92. The number of amides is 1. The van der Waals surface area contributed by atoms with Crippen molar-refractivity contribution in [1.82, 2.24) is 8.96 Å². The number of nitrogens with two attached hydrogens (primary N) is 1. The molecule has 0 aliphatic carbocycles. The number of quaternary nitrogens is 1. The molecular formula is C29H22F2N4O8S. The number of pyridine rings is 1. The van der Waals surface area contributed by atoms with Crippen LogP contribution >= 0.6 is 0 Å². The summed E-state index contributed by atoms with van der Waals surface area (Å²) in [5.74, 6) is -3.37. The number of carbonyl (C=O) groups excluding carboxylic acids is 1. The molecule has 6 rings (SSSR count).